The van der Waals surface area contributed by atoms with Gasteiger partial charge in [0.1, 0.15) is 6.54 Å². The fourth-order valence-electron chi connectivity index (χ4n) is 2.76. The quantitative estimate of drug-likeness (QED) is 0.850. The van der Waals surface area contributed by atoms with Gasteiger partial charge in [-0.15, -0.1) is 5.10 Å². The molecule has 3 heterocycles. The number of fused-ring (bicyclic) bond motifs is 1. The molecule has 1 N–H and O–H groups in total. The fraction of sp³-hybridized carbons (Fsp3) is 0.500. The molecular formula is C14H18N4O3. The smallest absolute Gasteiger partial charge is 0.350 e. The molecule has 0 spiro atoms. The lowest BCUT2D eigenvalue weighted by molar-refractivity contribution is -0.157. The van der Waals surface area contributed by atoms with Crippen LogP contribution < -0.4 is 5.69 Å². The molecule has 7 heteroatoms. The molecule has 0 radical (unpaired) electrons. The number of likely N-dealkylation sites (tertiary alicyclic amines) is 1. The molecule has 0 atom stereocenters. The SMILES string of the molecule is CCCC1(O)CN(C(=O)Cn2nc3ccccn3c2=O)C1. The molecule has 3 rings (SSSR count). The van der Waals surface area contributed by atoms with Gasteiger partial charge in [0.25, 0.3) is 0 Å². The number of nitrogens with zero attached hydrogens (tertiary/aromatic N) is 4. The first-order chi connectivity index (χ1) is 10.0. The Hall–Kier alpha value is -2.15. The van der Waals surface area contributed by atoms with E-state index in [4.69, 9.17) is 0 Å². The molecule has 0 saturated carbocycles. The molecule has 0 aliphatic carbocycles. The molecule has 7 nitrogen and oxygen atoms in total. The average Bonchev–Trinajstić information content (AvgIpc) is 2.73. The van der Waals surface area contributed by atoms with Crippen LogP contribution in [0.5, 0.6) is 0 Å². The maximum Gasteiger partial charge on any atom is 0.350 e. The summed E-state index contributed by atoms with van der Waals surface area (Å²) in [4.78, 5) is 25.7. The minimum Gasteiger partial charge on any atom is -0.386 e. The second-order valence-corrected chi connectivity index (χ2v) is 5.59. The lowest BCUT2D eigenvalue weighted by Crippen LogP contribution is -2.64. The fourth-order valence-corrected chi connectivity index (χ4v) is 2.76. The lowest BCUT2D eigenvalue weighted by Gasteiger charge is -2.46. The third-order valence-electron chi connectivity index (χ3n) is 3.81. The van der Waals surface area contributed by atoms with E-state index in [2.05, 4.69) is 5.10 Å². The Morgan fingerprint density at radius 1 is 1.43 bits per heavy atom. The molecular weight excluding hydrogens is 272 g/mol. The predicted molar refractivity (Wildman–Crippen MR) is 75.9 cm³/mol. The van der Waals surface area contributed by atoms with E-state index in [0.717, 1.165) is 11.1 Å². The van der Waals surface area contributed by atoms with E-state index in [1.165, 1.54) is 4.40 Å². The van der Waals surface area contributed by atoms with Gasteiger partial charge in [0.2, 0.25) is 5.91 Å². The number of aliphatic hydroxyl groups is 1. The van der Waals surface area contributed by atoms with E-state index < -0.39 is 5.60 Å². The van der Waals surface area contributed by atoms with Crippen LogP contribution in [-0.2, 0) is 11.3 Å². The summed E-state index contributed by atoms with van der Waals surface area (Å²) in [6, 6.07) is 5.24. The van der Waals surface area contributed by atoms with Gasteiger partial charge in [-0.1, -0.05) is 19.4 Å². The molecule has 1 fully saturated rings. The molecule has 1 saturated heterocycles. The van der Waals surface area contributed by atoms with Crippen LogP contribution in [0.3, 0.4) is 0 Å². The number of pyridine rings is 1. The molecule has 0 bridgehead atoms. The summed E-state index contributed by atoms with van der Waals surface area (Å²) in [6.45, 7) is 2.57. The zero-order valence-corrected chi connectivity index (χ0v) is 11.9. The van der Waals surface area contributed by atoms with Gasteiger partial charge in [0.05, 0.1) is 18.7 Å². The van der Waals surface area contributed by atoms with Gasteiger partial charge in [0.15, 0.2) is 5.65 Å². The van der Waals surface area contributed by atoms with Crippen LogP contribution in [0.4, 0.5) is 0 Å². The van der Waals surface area contributed by atoms with Crippen molar-refractivity contribution in [3.63, 3.8) is 0 Å². The summed E-state index contributed by atoms with van der Waals surface area (Å²) in [5, 5.41) is 14.2. The van der Waals surface area contributed by atoms with Crippen LogP contribution >= 0.6 is 0 Å². The van der Waals surface area contributed by atoms with E-state index in [0.29, 0.717) is 25.2 Å². The van der Waals surface area contributed by atoms with Gasteiger partial charge >= 0.3 is 5.69 Å². The zero-order valence-electron chi connectivity index (χ0n) is 11.9. The van der Waals surface area contributed by atoms with Gasteiger partial charge in [-0.25, -0.2) is 9.48 Å². The number of carbonyl (C=O) groups excluding carboxylic acids is 1. The van der Waals surface area contributed by atoms with Crippen LogP contribution in [0, 0.1) is 0 Å². The van der Waals surface area contributed by atoms with Crippen LogP contribution in [-0.4, -0.2) is 48.8 Å². The van der Waals surface area contributed by atoms with Crippen molar-refractivity contribution in [2.24, 2.45) is 0 Å². The average molecular weight is 290 g/mol. The lowest BCUT2D eigenvalue weighted by atomic mass is 9.89. The molecule has 0 unspecified atom stereocenters. The summed E-state index contributed by atoms with van der Waals surface area (Å²) in [5.41, 5.74) is -0.571. The van der Waals surface area contributed by atoms with Gasteiger partial charge < -0.3 is 10.0 Å². The summed E-state index contributed by atoms with van der Waals surface area (Å²) in [6.07, 6.45) is 3.19. The number of aromatic nitrogens is 3. The third kappa shape index (κ3) is 2.44. The molecule has 1 amide bonds. The van der Waals surface area contributed by atoms with Gasteiger partial charge in [-0.3, -0.25) is 9.20 Å². The van der Waals surface area contributed by atoms with E-state index in [9.17, 15) is 14.7 Å². The second kappa shape index (κ2) is 5.00. The largest absolute Gasteiger partial charge is 0.386 e. The van der Waals surface area contributed by atoms with Gasteiger partial charge in [0, 0.05) is 6.20 Å². The Bertz CT molecular complexity index is 727. The first kappa shape index (κ1) is 13.8. The predicted octanol–water partition coefficient (Wildman–Crippen LogP) is -0.131. The number of rotatable bonds is 4. The number of β-amino-alcohol motifs (C(OH)–C–C–N with tert-alkyl or cyclic N) is 1. The number of hydrogen-bond acceptors (Lipinski definition) is 4. The molecule has 1 aliphatic heterocycles. The molecule has 2 aromatic heterocycles. The van der Waals surface area contributed by atoms with Crippen molar-refractivity contribution >= 4 is 11.6 Å². The van der Waals surface area contributed by atoms with Crippen molar-refractivity contribution in [3.05, 3.63) is 34.9 Å². The van der Waals surface area contributed by atoms with Gasteiger partial charge in [-0.2, -0.15) is 0 Å². The minimum absolute atomic E-state index is 0.0945. The number of carbonyl (C=O) groups is 1. The third-order valence-corrected chi connectivity index (χ3v) is 3.81. The van der Waals surface area contributed by atoms with Crippen molar-refractivity contribution in [3.8, 4) is 0 Å². The highest BCUT2D eigenvalue weighted by atomic mass is 16.3. The summed E-state index contributed by atoms with van der Waals surface area (Å²) in [7, 11) is 0. The molecule has 112 valence electrons. The summed E-state index contributed by atoms with van der Waals surface area (Å²) in [5.74, 6) is -0.193. The molecule has 0 aromatic carbocycles. The van der Waals surface area contributed by atoms with Crippen LogP contribution in [0.1, 0.15) is 19.8 Å². The van der Waals surface area contributed by atoms with E-state index in [-0.39, 0.29) is 18.1 Å². The Kier molecular flexibility index (Phi) is 3.29. The van der Waals surface area contributed by atoms with E-state index in [1.54, 1.807) is 29.3 Å². The maximum atomic E-state index is 12.1. The maximum absolute atomic E-state index is 12.1. The highest BCUT2D eigenvalue weighted by Crippen LogP contribution is 2.25. The van der Waals surface area contributed by atoms with Gasteiger partial charge in [-0.05, 0) is 18.6 Å². The first-order valence-corrected chi connectivity index (χ1v) is 7.07. The van der Waals surface area contributed by atoms with E-state index >= 15 is 0 Å². The van der Waals surface area contributed by atoms with Crippen LogP contribution in [0.2, 0.25) is 0 Å². The highest BCUT2D eigenvalue weighted by molar-refractivity contribution is 5.77. The zero-order chi connectivity index (χ0) is 15.0. The summed E-state index contributed by atoms with van der Waals surface area (Å²) < 4.78 is 2.56. The topological polar surface area (TPSA) is 79.8 Å². The Labute approximate surface area is 121 Å². The Morgan fingerprint density at radius 3 is 2.86 bits per heavy atom. The monoisotopic (exact) mass is 290 g/mol. The first-order valence-electron chi connectivity index (χ1n) is 7.07. The normalized spacial score (nSPS) is 17.0. The van der Waals surface area contributed by atoms with E-state index in [1.807, 2.05) is 6.92 Å². The van der Waals surface area contributed by atoms with Crippen molar-refractivity contribution in [2.75, 3.05) is 13.1 Å². The summed E-state index contributed by atoms with van der Waals surface area (Å²) >= 11 is 0. The van der Waals surface area contributed by atoms with Crippen molar-refractivity contribution in [2.45, 2.75) is 31.9 Å². The second-order valence-electron chi connectivity index (χ2n) is 5.59. The van der Waals surface area contributed by atoms with Crippen molar-refractivity contribution in [1.29, 1.82) is 0 Å². The molecule has 21 heavy (non-hydrogen) atoms. The van der Waals surface area contributed by atoms with Crippen LogP contribution in [0.25, 0.3) is 5.65 Å². The minimum atomic E-state index is -0.756. The molecule has 1 aliphatic rings. The Balaban J connectivity index is 1.71. The highest BCUT2D eigenvalue weighted by Gasteiger charge is 2.42. The van der Waals surface area contributed by atoms with Crippen molar-refractivity contribution < 1.29 is 9.90 Å². The molecule has 2 aromatic rings. The number of amides is 1. The van der Waals surface area contributed by atoms with Crippen LogP contribution in [0.15, 0.2) is 29.2 Å². The standard InChI is InChI=1S/C14H18N4O3/c1-2-6-14(21)9-16(10-14)12(19)8-18-13(20)17-7-4-3-5-11(17)15-18/h3-5,7,21H,2,6,8-10H2,1H3. The number of hydrogen-bond donors (Lipinski definition) is 1. The van der Waals surface area contributed by atoms with Crippen molar-refractivity contribution in [1.82, 2.24) is 19.1 Å². The Morgan fingerprint density at radius 2 is 2.19 bits per heavy atom.